The van der Waals surface area contributed by atoms with Gasteiger partial charge in [-0.05, 0) is 54.5 Å². The number of rotatable bonds is 3. The summed E-state index contributed by atoms with van der Waals surface area (Å²) >= 11 is 3.47. The van der Waals surface area contributed by atoms with Crippen LogP contribution >= 0.6 is 15.9 Å². The molecular weight excluding hydrogens is 255 g/mol. The molecule has 0 nitrogen and oxygen atoms in total. The zero-order chi connectivity index (χ0) is 11.6. The minimum Gasteiger partial charge on any atom is -0.207 e. The number of benzene rings is 1. The molecule has 1 rings (SSSR count). The highest BCUT2D eigenvalue weighted by molar-refractivity contribution is 9.09. The molecule has 1 aromatic carbocycles. The Morgan fingerprint density at radius 1 is 1.20 bits per heavy atom. The topological polar surface area (TPSA) is 0 Å². The van der Waals surface area contributed by atoms with E-state index in [0.717, 1.165) is 22.9 Å². The van der Waals surface area contributed by atoms with Gasteiger partial charge in [-0.15, -0.1) is 0 Å². The number of hydrogen-bond donors (Lipinski definition) is 0. The molecule has 0 aliphatic heterocycles. The average Bonchev–Trinajstić information content (AvgIpc) is 1.99. The molecule has 0 saturated heterocycles. The van der Waals surface area contributed by atoms with E-state index in [1.807, 2.05) is 13.8 Å². The lowest BCUT2D eigenvalue weighted by Crippen LogP contribution is -2.20. The third-order valence-electron chi connectivity index (χ3n) is 2.89. The molecule has 84 valence electrons. The van der Waals surface area contributed by atoms with Crippen LogP contribution < -0.4 is 0 Å². The number of hydrogen-bond acceptors (Lipinski definition) is 0. The van der Waals surface area contributed by atoms with Gasteiger partial charge in [-0.1, -0.05) is 29.8 Å². The number of halogens is 2. The predicted molar refractivity (Wildman–Crippen MR) is 67.3 cm³/mol. The van der Waals surface area contributed by atoms with E-state index < -0.39 is 0 Å². The van der Waals surface area contributed by atoms with Crippen molar-refractivity contribution in [1.82, 2.24) is 0 Å². The highest BCUT2D eigenvalue weighted by Crippen LogP contribution is 2.33. The first-order valence-electron chi connectivity index (χ1n) is 5.21. The van der Waals surface area contributed by atoms with Gasteiger partial charge < -0.3 is 0 Å². The van der Waals surface area contributed by atoms with Gasteiger partial charge >= 0.3 is 0 Å². The molecule has 0 spiro atoms. The Kier molecular flexibility index (Phi) is 3.93. The minimum atomic E-state index is -0.136. The van der Waals surface area contributed by atoms with Crippen molar-refractivity contribution in [2.45, 2.75) is 39.5 Å². The molecule has 0 aromatic heterocycles. The predicted octanol–water partition coefficient (Wildman–Crippen LogP) is 4.51. The zero-order valence-electron chi connectivity index (χ0n) is 9.82. The molecule has 0 radical (unpaired) electrons. The van der Waals surface area contributed by atoms with E-state index in [9.17, 15) is 4.39 Å². The van der Waals surface area contributed by atoms with Crippen LogP contribution in [0.5, 0.6) is 0 Å². The maximum Gasteiger partial charge on any atom is 0.123 e. The van der Waals surface area contributed by atoms with Crippen molar-refractivity contribution < 1.29 is 4.39 Å². The van der Waals surface area contributed by atoms with Crippen LogP contribution in [0.25, 0.3) is 0 Å². The van der Waals surface area contributed by atoms with Crippen LogP contribution in [0.3, 0.4) is 0 Å². The first-order valence-corrected chi connectivity index (χ1v) is 6.34. The summed E-state index contributed by atoms with van der Waals surface area (Å²) in [5, 5.41) is 0.969. The number of alkyl halides is 1. The first kappa shape index (κ1) is 12.7. The van der Waals surface area contributed by atoms with Crippen molar-refractivity contribution in [1.29, 1.82) is 0 Å². The Morgan fingerprint density at radius 2 is 1.67 bits per heavy atom. The van der Waals surface area contributed by atoms with Crippen molar-refractivity contribution in [3.05, 3.63) is 34.6 Å². The van der Waals surface area contributed by atoms with Crippen molar-refractivity contribution in [2.24, 2.45) is 0 Å². The molecule has 0 saturated carbocycles. The quantitative estimate of drug-likeness (QED) is 0.711. The lowest BCUT2D eigenvalue weighted by atomic mass is 9.77. The summed E-state index contributed by atoms with van der Waals surface area (Å²) in [6, 6.07) is 3.25. The highest BCUT2D eigenvalue weighted by Gasteiger charge is 2.23. The summed E-state index contributed by atoms with van der Waals surface area (Å²) in [5.41, 5.74) is 3.49. The number of aryl methyl sites for hydroxylation is 2. The van der Waals surface area contributed by atoms with E-state index in [2.05, 4.69) is 29.8 Å². The molecule has 0 aliphatic carbocycles. The molecule has 1 aromatic rings. The van der Waals surface area contributed by atoms with Crippen molar-refractivity contribution in [3.8, 4) is 0 Å². The third-order valence-corrected chi connectivity index (χ3v) is 3.29. The molecular formula is C13H18BrF. The highest BCUT2D eigenvalue weighted by atomic mass is 79.9. The summed E-state index contributed by atoms with van der Waals surface area (Å²) in [6.07, 6.45) is 1.06. The molecule has 0 fully saturated rings. The van der Waals surface area contributed by atoms with Crippen LogP contribution in [0.2, 0.25) is 0 Å². The fraction of sp³-hybridized carbons (Fsp3) is 0.538. The Labute approximate surface area is 100 Å². The fourth-order valence-electron chi connectivity index (χ4n) is 2.34. The maximum absolute atomic E-state index is 13.2. The van der Waals surface area contributed by atoms with Gasteiger partial charge in [-0.3, -0.25) is 0 Å². The Balaban J connectivity index is 3.24. The first-order chi connectivity index (χ1) is 6.88. The molecule has 0 unspecified atom stereocenters. The second-order valence-electron chi connectivity index (χ2n) is 4.74. The van der Waals surface area contributed by atoms with Gasteiger partial charge in [0.2, 0.25) is 0 Å². The standard InChI is InChI=1S/C13H18BrF/c1-9-7-11(15)8-10(2)12(9)13(3,4)5-6-14/h7-8H,5-6H2,1-4H3. The van der Waals surface area contributed by atoms with Crippen LogP contribution in [-0.2, 0) is 5.41 Å². The summed E-state index contributed by atoms with van der Waals surface area (Å²) < 4.78 is 13.2. The van der Waals surface area contributed by atoms with Crippen LogP contribution in [0.1, 0.15) is 37.0 Å². The van der Waals surface area contributed by atoms with Gasteiger partial charge in [0, 0.05) is 5.33 Å². The second kappa shape index (κ2) is 4.65. The molecule has 0 N–H and O–H groups in total. The summed E-state index contributed by atoms with van der Waals surface area (Å²) in [6.45, 7) is 8.39. The SMILES string of the molecule is Cc1cc(F)cc(C)c1C(C)(C)CCBr. The molecule has 0 amide bonds. The van der Waals surface area contributed by atoms with E-state index in [-0.39, 0.29) is 11.2 Å². The van der Waals surface area contributed by atoms with Gasteiger partial charge in [0.1, 0.15) is 5.82 Å². The van der Waals surface area contributed by atoms with E-state index >= 15 is 0 Å². The van der Waals surface area contributed by atoms with Crippen LogP contribution in [0, 0.1) is 19.7 Å². The monoisotopic (exact) mass is 272 g/mol. The van der Waals surface area contributed by atoms with Crippen LogP contribution in [0.15, 0.2) is 12.1 Å². The molecule has 0 aliphatic rings. The maximum atomic E-state index is 13.2. The molecule has 2 heteroatoms. The van der Waals surface area contributed by atoms with E-state index in [1.54, 1.807) is 12.1 Å². The van der Waals surface area contributed by atoms with E-state index in [4.69, 9.17) is 0 Å². The fourth-order valence-corrected chi connectivity index (χ4v) is 3.33. The van der Waals surface area contributed by atoms with E-state index in [0.29, 0.717) is 0 Å². The van der Waals surface area contributed by atoms with Crippen molar-refractivity contribution in [3.63, 3.8) is 0 Å². The second-order valence-corrected chi connectivity index (χ2v) is 5.53. The molecule has 15 heavy (non-hydrogen) atoms. The van der Waals surface area contributed by atoms with Crippen molar-refractivity contribution in [2.75, 3.05) is 5.33 Å². The minimum absolute atomic E-state index is 0.103. The smallest absolute Gasteiger partial charge is 0.123 e. The summed E-state index contributed by atoms with van der Waals surface area (Å²) in [4.78, 5) is 0. The normalized spacial score (nSPS) is 11.9. The average molecular weight is 273 g/mol. The van der Waals surface area contributed by atoms with Gasteiger partial charge in [-0.25, -0.2) is 4.39 Å². The lowest BCUT2D eigenvalue weighted by Gasteiger charge is -2.28. The van der Waals surface area contributed by atoms with Crippen molar-refractivity contribution >= 4 is 15.9 Å². The van der Waals surface area contributed by atoms with Gasteiger partial charge in [0.15, 0.2) is 0 Å². The largest absolute Gasteiger partial charge is 0.207 e. The van der Waals surface area contributed by atoms with Crippen LogP contribution in [-0.4, -0.2) is 5.33 Å². The Morgan fingerprint density at radius 3 is 2.07 bits per heavy atom. The molecule has 0 heterocycles. The Bertz CT molecular complexity index is 333. The van der Waals surface area contributed by atoms with Gasteiger partial charge in [0.05, 0.1) is 0 Å². The van der Waals surface area contributed by atoms with Crippen LogP contribution in [0.4, 0.5) is 4.39 Å². The lowest BCUT2D eigenvalue weighted by molar-refractivity contribution is 0.503. The summed E-state index contributed by atoms with van der Waals surface area (Å²) in [7, 11) is 0. The zero-order valence-corrected chi connectivity index (χ0v) is 11.4. The third kappa shape index (κ3) is 2.81. The van der Waals surface area contributed by atoms with Gasteiger partial charge in [0.25, 0.3) is 0 Å². The summed E-state index contributed by atoms with van der Waals surface area (Å²) in [5.74, 6) is -0.136. The molecule has 0 bridgehead atoms. The van der Waals surface area contributed by atoms with E-state index in [1.165, 1.54) is 5.56 Å². The molecule has 0 atom stereocenters. The van der Waals surface area contributed by atoms with Gasteiger partial charge in [-0.2, -0.15) is 0 Å². The Hall–Kier alpha value is -0.370.